The summed E-state index contributed by atoms with van der Waals surface area (Å²) in [6.45, 7) is 3.74. The molecule has 5 N–H and O–H groups in total. The maximum atomic E-state index is 13.3. The van der Waals surface area contributed by atoms with Crippen LogP contribution in [0, 0.1) is 11.8 Å². The van der Waals surface area contributed by atoms with Crippen LogP contribution in [0.15, 0.2) is 78.1 Å². The molecular weight excluding hydrogens is 494 g/mol. The van der Waals surface area contributed by atoms with Crippen LogP contribution in [0.5, 0.6) is 0 Å². The third kappa shape index (κ3) is 5.78. The number of carbonyl (C=O) groups is 2. The molecular formula is C29H27N7O3. The summed E-state index contributed by atoms with van der Waals surface area (Å²) in [6.07, 6.45) is 5.43. The van der Waals surface area contributed by atoms with Gasteiger partial charge in [-0.05, 0) is 36.1 Å². The van der Waals surface area contributed by atoms with E-state index in [1.54, 1.807) is 21.4 Å². The molecule has 196 valence electrons. The number of nitrogen functional groups attached to an aromatic ring is 1. The van der Waals surface area contributed by atoms with Crippen molar-refractivity contribution >= 4 is 34.1 Å². The highest BCUT2D eigenvalue weighted by Gasteiger charge is 2.13. The zero-order valence-corrected chi connectivity index (χ0v) is 21.5. The average molecular weight is 522 g/mol. The second kappa shape index (κ2) is 11.7. The third-order valence-corrected chi connectivity index (χ3v) is 5.86. The minimum atomic E-state index is -0.623. The number of pyridine rings is 1. The summed E-state index contributed by atoms with van der Waals surface area (Å²) in [4.78, 5) is 43.0. The Hall–Kier alpha value is -5.43. The van der Waals surface area contributed by atoms with Gasteiger partial charge in [0.1, 0.15) is 17.7 Å². The number of amides is 2. The van der Waals surface area contributed by atoms with Gasteiger partial charge >= 0.3 is 0 Å². The van der Waals surface area contributed by atoms with Gasteiger partial charge in [0.2, 0.25) is 5.91 Å². The molecule has 0 saturated heterocycles. The molecule has 0 aliphatic rings. The molecule has 0 saturated carbocycles. The maximum absolute atomic E-state index is 13.3. The van der Waals surface area contributed by atoms with Gasteiger partial charge in [0.05, 0.1) is 11.9 Å². The zero-order valence-electron chi connectivity index (χ0n) is 21.5. The number of fused-ring (bicyclic) bond motifs is 2. The lowest BCUT2D eigenvalue weighted by Crippen LogP contribution is -2.22. The Morgan fingerprint density at radius 1 is 1.08 bits per heavy atom. The van der Waals surface area contributed by atoms with Gasteiger partial charge in [-0.3, -0.25) is 23.4 Å². The van der Waals surface area contributed by atoms with Crippen molar-refractivity contribution in [2.75, 3.05) is 12.3 Å². The van der Waals surface area contributed by atoms with E-state index in [4.69, 9.17) is 11.5 Å². The minimum absolute atomic E-state index is 0.0741. The fraction of sp³-hybridized carbons (Fsp3) is 0.138. The molecule has 0 aliphatic heterocycles. The number of nitrogens with zero attached hydrogens (tertiary/aromatic N) is 4. The Morgan fingerprint density at radius 3 is 2.54 bits per heavy atom. The molecule has 2 aromatic carbocycles. The number of hydrogen-bond acceptors (Lipinski definition) is 6. The summed E-state index contributed by atoms with van der Waals surface area (Å²) < 4.78 is 3.33. The van der Waals surface area contributed by atoms with E-state index < -0.39 is 5.91 Å². The minimum Gasteiger partial charge on any atom is -0.383 e. The number of primary amides is 1. The number of benzene rings is 2. The zero-order chi connectivity index (χ0) is 27.9. The van der Waals surface area contributed by atoms with Crippen LogP contribution in [0.4, 0.5) is 5.82 Å². The molecule has 0 unspecified atom stereocenters. The van der Waals surface area contributed by atoms with Crippen LogP contribution in [0.1, 0.15) is 35.5 Å². The van der Waals surface area contributed by atoms with Crippen molar-refractivity contribution in [3.63, 3.8) is 0 Å². The van der Waals surface area contributed by atoms with Gasteiger partial charge in [-0.1, -0.05) is 49.1 Å². The highest BCUT2D eigenvalue weighted by molar-refractivity contribution is 6.02. The summed E-state index contributed by atoms with van der Waals surface area (Å²) in [7, 11) is 0. The second-order valence-electron chi connectivity index (χ2n) is 8.47. The Kier molecular flexibility index (Phi) is 8.02. The summed E-state index contributed by atoms with van der Waals surface area (Å²) in [5.74, 6) is 5.28. The first-order valence-electron chi connectivity index (χ1n) is 12.1. The molecule has 0 fully saturated rings. The van der Waals surface area contributed by atoms with Crippen LogP contribution in [-0.4, -0.2) is 37.3 Å². The van der Waals surface area contributed by atoms with Crippen molar-refractivity contribution in [3.8, 4) is 17.5 Å². The van der Waals surface area contributed by atoms with Crippen LogP contribution >= 0.6 is 0 Å². The van der Waals surface area contributed by atoms with Gasteiger partial charge in [-0.2, -0.15) is 0 Å². The third-order valence-electron chi connectivity index (χ3n) is 5.86. The van der Waals surface area contributed by atoms with Crippen molar-refractivity contribution < 1.29 is 9.59 Å². The molecule has 3 heterocycles. The number of nitrogens with two attached hydrogens (primary N) is 2. The topological polar surface area (TPSA) is 150 Å². The molecule has 5 aromatic rings. The molecule has 0 spiro atoms. The lowest BCUT2D eigenvalue weighted by atomic mass is 10.0. The average Bonchev–Trinajstić information content (AvgIpc) is 3.40. The van der Waals surface area contributed by atoms with Gasteiger partial charge in [0.15, 0.2) is 5.65 Å². The molecule has 2 amide bonds. The molecule has 10 nitrogen and oxygen atoms in total. The lowest BCUT2D eigenvalue weighted by Gasteiger charge is -2.14. The van der Waals surface area contributed by atoms with Gasteiger partial charge in [-0.25, -0.2) is 9.97 Å². The fourth-order valence-corrected chi connectivity index (χ4v) is 4.09. The van der Waals surface area contributed by atoms with Crippen molar-refractivity contribution in [1.82, 2.24) is 24.3 Å². The highest BCUT2D eigenvalue weighted by atomic mass is 16.2. The number of nitrogens with one attached hydrogen (secondary N) is 1. The summed E-state index contributed by atoms with van der Waals surface area (Å²) >= 11 is 0. The Morgan fingerprint density at radius 2 is 1.85 bits per heavy atom. The second-order valence-corrected chi connectivity index (χ2v) is 8.47. The number of aromatic nitrogens is 4. The Balaban J connectivity index is 0.000000226. The maximum Gasteiger partial charge on any atom is 0.264 e. The van der Waals surface area contributed by atoms with Crippen LogP contribution in [0.25, 0.3) is 22.1 Å². The first-order chi connectivity index (χ1) is 18.8. The van der Waals surface area contributed by atoms with E-state index >= 15 is 0 Å². The number of aryl methyl sites for hydroxylation is 1. The van der Waals surface area contributed by atoms with Crippen molar-refractivity contribution in [2.45, 2.75) is 20.3 Å². The van der Waals surface area contributed by atoms with Gasteiger partial charge < -0.3 is 16.8 Å². The van der Waals surface area contributed by atoms with Crippen LogP contribution in [0.2, 0.25) is 0 Å². The fourth-order valence-electron chi connectivity index (χ4n) is 4.09. The monoisotopic (exact) mass is 521 g/mol. The summed E-state index contributed by atoms with van der Waals surface area (Å²) in [6, 6.07) is 17.3. The molecule has 3 aromatic heterocycles. The van der Waals surface area contributed by atoms with E-state index in [9.17, 15) is 14.4 Å². The molecule has 10 heteroatoms. The number of para-hydroxylation sites is 1. The van der Waals surface area contributed by atoms with E-state index in [0.29, 0.717) is 16.6 Å². The van der Waals surface area contributed by atoms with E-state index in [2.05, 4.69) is 27.1 Å². The smallest absolute Gasteiger partial charge is 0.264 e. The van der Waals surface area contributed by atoms with Crippen molar-refractivity contribution in [3.05, 3.63) is 100 Å². The van der Waals surface area contributed by atoms with E-state index in [0.717, 1.165) is 23.2 Å². The molecule has 0 aliphatic carbocycles. The van der Waals surface area contributed by atoms with Crippen LogP contribution in [0.3, 0.4) is 0 Å². The van der Waals surface area contributed by atoms with Crippen LogP contribution in [-0.2, 0) is 11.2 Å². The molecule has 0 atom stereocenters. The van der Waals surface area contributed by atoms with Gasteiger partial charge in [0, 0.05) is 36.3 Å². The first kappa shape index (κ1) is 26.6. The number of anilines is 1. The Labute approximate surface area is 224 Å². The molecule has 5 rings (SSSR count). The van der Waals surface area contributed by atoms with Gasteiger partial charge in [-0.15, -0.1) is 0 Å². The molecule has 0 radical (unpaired) electrons. The summed E-state index contributed by atoms with van der Waals surface area (Å²) in [5, 5.41) is 4.12. The quantitative estimate of drug-likeness (QED) is 0.309. The molecule has 0 bridgehead atoms. The van der Waals surface area contributed by atoms with Crippen LogP contribution < -0.4 is 22.3 Å². The number of imidazole rings is 1. The number of carbonyl (C=O) groups excluding carboxylic acids is 2. The van der Waals surface area contributed by atoms with E-state index in [1.807, 2.05) is 61.5 Å². The molecule has 39 heavy (non-hydrogen) atoms. The predicted molar refractivity (Wildman–Crippen MR) is 150 cm³/mol. The number of hydrogen-bond donors (Lipinski definition) is 3. The van der Waals surface area contributed by atoms with E-state index in [-0.39, 0.29) is 29.4 Å². The normalized spacial score (nSPS) is 10.3. The largest absolute Gasteiger partial charge is 0.383 e. The van der Waals surface area contributed by atoms with E-state index in [1.165, 1.54) is 13.3 Å². The predicted octanol–water partition coefficient (Wildman–Crippen LogP) is 2.45. The lowest BCUT2D eigenvalue weighted by molar-refractivity contribution is -0.118. The first-order valence-corrected chi connectivity index (χ1v) is 12.1. The standard InChI is InChI=1S/C22H20N2O2.C7H7N5O/c1-3-19-15-18-10-7-9-17(11-8-14-23-16(2)25)21(18)22(26)24(19)20-12-5-4-6-13-20;8-5-4(6(9)13)7-10-1-2-12(7)3-11-5/h4-7,9-10,12-13,15H,3,14H2,1-2H3,(H,23,25);1-3H,8H2,(H2,9,13). The van der Waals surface area contributed by atoms with Crippen molar-refractivity contribution in [1.29, 1.82) is 0 Å². The Bertz CT molecular complexity index is 1790. The number of rotatable bonds is 4. The van der Waals surface area contributed by atoms with Gasteiger partial charge in [0.25, 0.3) is 11.5 Å². The highest BCUT2D eigenvalue weighted by Crippen LogP contribution is 2.19. The SMILES string of the molecule is CCc1cc2cccc(C#CCNC(C)=O)c2c(=O)n1-c1ccccc1.NC(=O)c1c(N)ncn2ccnc12. The summed E-state index contributed by atoms with van der Waals surface area (Å²) in [5.41, 5.74) is 13.6. The van der Waals surface area contributed by atoms with Crippen molar-refractivity contribution in [2.24, 2.45) is 5.73 Å².